The minimum absolute atomic E-state index is 0. The van der Waals surface area contributed by atoms with E-state index in [1.54, 1.807) is 0 Å². The second-order valence-corrected chi connectivity index (χ2v) is 5.98. The van der Waals surface area contributed by atoms with Crippen LogP contribution in [0.25, 0.3) is 0 Å². The minimum atomic E-state index is 0. The zero-order valence-electron chi connectivity index (χ0n) is 12.2. The molecule has 2 rings (SSSR count). The molecule has 1 aliphatic heterocycles. The molecule has 0 aromatic heterocycles. The van der Waals surface area contributed by atoms with E-state index in [1.165, 1.54) is 44.9 Å². The monoisotopic (exact) mass is 288 g/mol. The normalized spacial score (nSPS) is 24.3. The van der Waals surface area contributed by atoms with Gasteiger partial charge in [-0.05, 0) is 32.2 Å². The third-order valence-electron chi connectivity index (χ3n) is 4.63. The van der Waals surface area contributed by atoms with E-state index in [1.807, 2.05) is 7.05 Å². The quantitative estimate of drug-likeness (QED) is 0.843. The van der Waals surface area contributed by atoms with Gasteiger partial charge in [0.2, 0.25) is 5.91 Å². The molecule has 0 spiro atoms. The highest BCUT2D eigenvalue weighted by molar-refractivity contribution is 5.85. The highest BCUT2D eigenvalue weighted by Gasteiger charge is 2.28. The molecule has 112 valence electrons. The van der Waals surface area contributed by atoms with Gasteiger partial charge in [0, 0.05) is 25.6 Å². The molecule has 1 unspecified atom stereocenters. The molecule has 1 saturated carbocycles. The van der Waals surface area contributed by atoms with Gasteiger partial charge in [-0.25, -0.2) is 0 Å². The summed E-state index contributed by atoms with van der Waals surface area (Å²) in [7, 11) is 1.98. The second-order valence-electron chi connectivity index (χ2n) is 5.98. The Morgan fingerprint density at radius 1 is 1.16 bits per heavy atom. The number of carbonyl (C=O) groups is 1. The molecule has 0 aromatic carbocycles. The Kier molecular flexibility index (Phi) is 7.77. The molecule has 1 amide bonds. The number of halogens is 1. The Labute approximate surface area is 123 Å². The molecule has 2 fully saturated rings. The lowest BCUT2D eigenvalue weighted by atomic mass is 9.86. The number of amides is 1. The molecular formula is C15H29ClN2O. The summed E-state index contributed by atoms with van der Waals surface area (Å²) in [4.78, 5) is 14.4. The maximum atomic E-state index is 12.3. The van der Waals surface area contributed by atoms with Crippen molar-refractivity contribution in [2.24, 2.45) is 5.92 Å². The number of likely N-dealkylation sites (tertiary alicyclic amines) is 1. The average molecular weight is 289 g/mol. The summed E-state index contributed by atoms with van der Waals surface area (Å²) in [5, 5.41) is 3.21. The summed E-state index contributed by atoms with van der Waals surface area (Å²) in [5.41, 5.74) is 0. The van der Waals surface area contributed by atoms with Crippen molar-refractivity contribution in [1.29, 1.82) is 0 Å². The van der Waals surface area contributed by atoms with Crippen molar-refractivity contribution in [2.75, 3.05) is 20.1 Å². The van der Waals surface area contributed by atoms with Gasteiger partial charge in [0.15, 0.2) is 0 Å². The van der Waals surface area contributed by atoms with Gasteiger partial charge < -0.3 is 10.2 Å². The number of hydrogen-bond donors (Lipinski definition) is 1. The Morgan fingerprint density at radius 3 is 2.58 bits per heavy atom. The molecule has 4 heteroatoms. The van der Waals surface area contributed by atoms with Crippen LogP contribution in [0.5, 0.6) is 0 Å². The van der Waals surface area contributed by atoms with Crippen LogP contribution < -0.4 is 5.32 Å². The molecule has 1 saturated heterocycles. The summed E-state index contributed by atoms with van der Waals surface area (Å²) in [6, 6.07) is 0.453. The molecule has 1 atom stereocenters. The van der Waals surface area contributed by atoms with Gasteiger partial charge in [-0.15, -0.1) is 12.4 Å². The summed E-state index contributed by atoms with van der Waals surface area (Å²) in [6.07, 6.45) is 11.1. The summed E-state index contributed by atoms with van der Waals surface area (Å²) in [6.45, 7) is 1.94. The van der Waals surface area contributed by atoms with Gasteiger partial charge in [-0.1, -0.05) is 32.1 Å². The average Bonchev–Trinajstić information content (AvgIpc) is 2.86. The van der Waals surface area contributed by atoms with Crippen LogP contribution in [0.1, 0.15) is 57.8 Å². The number of carbonyl (C=O) groups excluding carboxylic acids is 1. The fourth-order valence-electron chi connectivity index (χ4n) is 3.56. The lowest BCUT2D eigenvalue weighted by Crippen LogP contribution is -2.40. The molecule has 1 aliphatic carbocycles. The Balaban J connectivity index is 0.00000180. The van der Waals surface area contributed by atoms with Crippen LogP contribution in [-0.2, 0) is 4.79 Å². The Hall–Kier alpha value is -0.280. The van der Waals surface area contributed by atoms with Gasteiger partial charge in [-0.3, -0.25) is 4.79 Å². The van der Waals surface area contributed by atoms with Gasteiger partial charge in [0.05, 0.1) is 0 Å². The van der Waals surface area contributed by atoms with E-state index in [-0.39, 0.29) is 12.4 Å². The van der Waals surface area contributed by atoms with E-state index >= 15 is 0 Å². The van der Waals surface area contributed by atoms with Gasteiger partial charge in [0.25, 0.3) is 0 Å². The van der Waals surface area contributed by atoms with Crippen molar-refractivity contribution in [3.63, 3.8) is 0 Å². The number of rotatable bonds is 5. The summed E-state index contributed by atoms with van der Waals surface area (Å²) >= 11 is 0. The van der Waals surface area contributed by atoms with E-state index in [4.69, 9.17) is 0 Å². The van der Waals surface area contributed by atoms with Crippen molar-refractivity contribution in [3.8, 4) is 0 Å². The molecule has 0 radical (unpaired) electrons. The third-order valence-corrected chi connectivity index (χ3v) is 4.63. The third kappa shape index (κ3) is 4.96. The number of nitrogens with zero attached hydrogens (tertiary/aromatic N) is 1. The van der Waals surface area contributed by atoms with Gasteiger partial charge in [-0.2, -0.15) is 0 Å². The molecule has 0 aromatic rings. The van der Waals surface area contributed by atoms with E-state index in [0.29, 0.717) is 11.9 Å². The van der Waals surface area contributed by atoms with E-state index in [0.717, 1.165) is 31.8 Å². The first-order valence-corrected chi connectivity index (χ1v) is 7.75. The Bertz CT molecular complexity index is 267. The first-order chi connectivity index (χ1) is 8.81. The van der Waals surface area contributed by atoms with Crippen LogP contribution >= 0.6 is 12.4 Å². The number of likely N-dealkylation sites (N-methyl/N-ethyl adjacent to an activating group) is 1. The van der Waals surface area contributed by atoms with Crippen LogP contribution in [0.2, 0.25) is 0 Å². The largest absolute Gasteiger partial charge is 0.338 e. The highest BCUT2D eigenvalue weighted by Crippen LogP contribution is 2.28. The van der Waals surface area contributed by atoms with Crippen LogP contribution in [0.4, 0.5) is 0 Å². The van der Waals surface area contributed by atoms with Gasteiger partial charge >= 0.3 is 0 Å². The second kappa shape index (κ2) is 8.80. The van der Waals surface area contributed by atoms with E-state index < -0.39 is 0 Å². The zero-order valence-corrected chi connectivity index (χ0v) is 13.0. The van der Waals surface area contributed by atoms with Crippen molar-refractivity contribution < 1.29 is 4.79 Å². The molecular weight excluding hydrogens is 260 g/mol. The van der Waals surface area contributed by atoms with Crippen LogP contribution in [0.3, 0.4) is 0 Å². The van der Waals surface area contributed by atoms with E-state index in [2.05, 4.69) is 10.2 Å². The molecule has 1 heterocycles. The standard InChI is InChI=1S/C15H28N2O.ClH/c1-16-12-14-8-5-11-17(14)15(18)10-9-13-6-3-2-4-7-13;/h13-14,16H,2-12H2,1H3;1H. The number of nitrogens with one attached hydrogen (secondary N) is 1. The first kappa shape index (κ1) is 16.8. The van der Waals surface area contributed by atoms with Crippen molar-refractivity contribution >= 4 is 18.3 Å². The fraction of sp³-hybridized carbons (Fsp3) is 0.933. The van der Waals surface area contributed by atoms with Crippen molar-refractivity contribution in [2.45, 2.75) is 63.8 Å². The molecule has 2 aliphatic rings. The highest BCUT2D eigenvalue weighted by atomic mass is 35.5. The van der Waals surface area contributed by atoms with Crippen LogP contribution in [-0.4, -0.2) is 37.0 Å². The summed E-state index contributed by atoms with van der Waals surface area (Å²) in [5.74, 6) is 1.23. The first-order valence-electron chi connectivity index (χ1n) is 7.75. The minimum Gasteiger partial charge on any atom is -0.338 e. The van der Waals surface area contributed by atoms with Crippen LogP contribution in [0.15, 0.2) is 0 Å². The van der Waals surface area contributed by atoms with E-state index in [9.17, 15) is 4.79 Å². The maximum Gasteiger partial charge on any atom is 0.222 e. The van der Waals surface area contributed by atoms with Crippen molar-refractivity contribution in [3.05, 3.63) is 0 Å². The fourth-order valence-corrected chi connectivity index (χ4v) is 3.56. The maximum absolute atomic E-state index is 12.3. The van der Waals surface area contributed by atoms with Crippen molar-refractivity contribution in [1.82, 2.24) is 10.2 Å². The SMILES string of the molecule is CNCC1CCCN1C(=O)CCC1CCCCC1.Cl. The Morgan fingerprint density at radius 2 is 1.89 bits per heavy atom. The number of hydrogen-bond acceptors (Lipinski definition) is 2. The topological polar surface area (TPSA) is 32.3 Å². The van der Waals surface area contributed by atoms with Gasteiger partial charge in [0.1, 0.15) is 0 Å². The van der Waals surface area contributed by atoms with Crippen LogP contribution in [0, 0.1) is 5.92 Å². The predicted molar refractivity (Wildman–Crippen MR) is 81.7 cm³/mol. The lowest BCUT2D eigenvalue weighted by Gasteiger charge is -2.26. The lowest BCUT2D eigenvalue weighted by molar-refractivity contribution is -0.132. The predicted octanol–water partition coefficient (Wildman–Crippen LogP) is 2.98. The smallest absolute Gasteiger partial charge is 0.222 e. The molecule has 1 N–H and O–H groups in total. The zero-order chi connectivity index (χ0) is 12.8. The molecule has 0 bridgehead atoms. The summed E-state index contributed by atoms with van der Waals surface area (Å²) < 4.78 is 0. The molecule has 3 nitrogen and oxygen atoms in total. The molecule has 19 heavy (non-hydrogen) atoms.